The van der Waals surface area contributed by atoms with Crippen LogP contribution >= 0.6 is 11.6 Å². The average Bonchev–Trinajstić information content (AvgIpc) is 2.48. The molecule has 0 saturated heterocycles. The summed E-state index contributed by atoms with van der Waals surface area (Å²) in [6.45, 7) is 4.12. The van der Waals surface area contributed by atoms with Crippen LogP contribution in [0.3, 0.4) is 0 Å². The van der Waals surface area contributed by atoms with E-state index in [1.165, 1.54) is 13.2 Å². The molecule has 0 saturated carbocycles. The van der Waals surface area contributed by atoms with Crippen LogP contribution in [-0.2, 0) is 0 Å². The summed E-state index contributed by atoms with van der Waals surface area (Å²) >= 11 is 5.90. The van der Waals surface area contributed by atoms with Crippen molar-refractivity contribution in [1.29, 1.82) is 0 Å². The molecule has 0 heterocycles. The zero-order valence-corrected chi connectivity index (χ0v) is 13.1. The smallest absolute Gasteiger partial charge is 0.165 e. The minimum atomic E-state index is -0.348. The first kappa shape index (κ1) is 15.8. The van der Waals surface area contributed by atoms with Crippen LogP contribution in [0.1, 0.15) is 37.1 Å². The van der Waals surface area contributed by atoms with E-state index < -0.39 is 0 Å². The first-order valence-electron chi connectivity index (χ1n) is 6.86. The molecule has 1 N–H and O–H groups in total. The maximum atomic E-state index is 13.4. The maximum Gasteiger partial charge on any atom is 0.165 e. The van der Waals surface area contributed by atoms with Gasteiger partial charge in [0, 0.05) is 17.1 Å². The molecule has 112 valence electrons. The second-order valence-electron chi connectivity index (χ2n) is 5.06. The van der Waals surface area contributed by atoms with Crippen molar-refractivity contribution in [3.8, 4) is 5.75 Å². The van der Waals surface area contributed by atoms with E-state index in [0.717, 1.165) is 16.1 Å². The van der Waals surface area contributed by atoms with Crippen LogP contribution in [0.25, 0.3) is 0 Å². The van der Waals surface area contributed by atoms with Crippen LogP contribution in [0.4, 0.5) is 4.39 Å². The fourth-order valence-electron chi connectivity index (χ4n) is 2.26. The number of benzene rings is 2. The Morgan fingerprint density at radius 2 is 1.57 bits per heavy atom. The highest BCUT2D eigenvalue weighted by atomic mass is 35.5. The minimum absolute atomic E-state index is 0.0742. The summed E-state index contributed by atoms with van der Waals surface area (Å²) in [4.78, 5) is 0. The molecule has 0 spiro atoms. The van der Waals surface area contributed by atoms with Gasteiger partial charge < -0.3 is 10.1 Å². The Morgan fingerprint density at radius 3 is 2.19 bits per heavy atom. The lowest BCUT2D eigenvalue weighted by Crippen LogP contribution is -2.22. The predicted octanol–water partition coefficient (Wildman–Crippen LogP) is 4.90. The lowest BCUT2D eigenvalue weighted by molar-refractivity contribution is 0.384. The van der Waals surface area contributed by atoms with Gasteiger partial charge in [-0.2, -0.15) is 0 Å². The van der Waals surface area contributed by atoms with Crippen molar-refractivity contribution in [2.75, 3.05) is 7.11 Å². The number of hydrogen-bond donors (Lipinski definition) is 1. The molecule has 2 aromatic carbocycles. The number of nitrogens with one attached hydrogen (secondary N) is 1. The number of hydrogen-bond acceptors (Lipinski definition) is 2. The first-order chi connectivity index (χ1) is 10.0. The highest BCUT2D eigenvalue weighted by molar-refractivity contribution is 6.30. The number of ether oxygens (including phenoxy) is 1. The zero-order valence-electron chi connectivity index (χ0n) is 12.4. The van der Waals surface area contributed by atoms with Crippen LogP contribution in [-0.4, -0.2) is 7.11 Å². The second kappa shape index (κ2) is 6.92. The molecule has 0 amide bonds. The van der Waals surface area contributed by atoms with Gasteiger partial charge >= 0.3 is 0 Å². The molecule has 0 aliphatic rings. The van der Waals surface area contributed by atoms with E-state index >= 15 is 0 Å². The third kappa shape index (κ3) is 3.96. The molecule has 0 aliphatic heterocycles. The molecule has 2 atom stereocenters. The van der Waals surface area contributed by atoms with Gasteiger partial charge in [0.1, 0.15) is 0 Å². The van der Waals surface area contributed by atoms with Gasteiger partial charge in [-0.1, -0.05) is 29.8 Å². The van der Waals surface area contributed by atoms with E-state index in [9.17, 15) is 4.39 Å². The Morgan fingerprint density at radius 1 is 1.00 bits per heavy atom. The van der Waals surface area contributed by atoms with E-state index in [1.54, 1.807) is 12.1 Å². The van der Waals surface area contributed by atoms with Crippen molar-refractivity contribution in [2.24, 2.45) is 0 Å². The lowest BCUT2D eigenvalue weighted by Gasteiger charge is -2.21. The van der Waals surface area contributed by atoms with Gasteiger partial charge in [-0.05, 0) is 49.2 Å². The van der Waals surface area contributed by atoms with Gasteiger partial charge in [0.15, 0.2) is 11.6 Å². The van der Waals surface area contributed by atoms with Gasteiger partial charge in [-0.25, -0.2) is 4.39 Å². The summed E-state index contributed by atoms with van der Waals surface area (Å²) < 4.78 is 18.5. The summed E-state index contributed by atoms with van der Waals surface area (Å²) in [6, 6.07) is 12.9. The van der Waals surface area contributed by atoms with Crippen molar-refractivity contribution in [1.82, 2.24) is 5.32 Å². The Bertz CT molecular complexity index is 600. The number of halogens is 2. The quantitative estimate of drug-likeness (QED) is 0.848. The van der Waals surface area contributed by atoms with E-state index in [0.29, 0.717) is 0 Å². The van der Waals surface area contributed by atoms with Crippen LogP contribution in [0.5, 0.6) is 5.75 Å². The molecular formula is C17H19ClFNO. The summed E-state index contributed by atoms with van der Waals surface area (Å²) in [5.41, 5.74) is 2.13. The predicted molar refractivity (Wildman–Crippen MR) is 84.4 cm³/mol. The molecule has 2 nitrogen and oxygen atoms in total. The molecule has 0 aliphatic carbocycles. The highest BCUT2D eigenvalue weighted by Crippen LogP contribution is 2.25. The molecule has 1 unspecified atom stereocenters. The summed E-state index contributed by atoms with van der Waals surface area (Å²) in [6.07, 6.45) is 0. The van der Waals surface area contributed by atoms with Gasteiger partial charge in [0.2, 0.25) is 0 Å². The summed E-state index contributed by atoms with van der Waals surface area (Å²) in [5.74, 6) is -0.0838. The van der Waals surface area contributed by atoms with Crippen molar-refractivity contribution in [3.05, 3.63) is 64.4 Å². The molecule has 0 fully saturated rings. The highest BCUT2D eigenvalue weighted by Gasteiger charge is 2.13. The molecule has 21 heavy (non-hydrogen) atoms. The van der Waals surface area contributed by atoms with Gasteiger partial charge in [-0.3, -0.25) is 0 Å². The van der Waals surface area contributed by atoms with E-state index in [4.69, 9.17) is 16.3 Å². The fourth-order valence-corrected chi connectivity index (χ4v) is 2.39. The van der Waals surface area contributed by atoms with Crippen LogP contribution in [0, 0.1) is 5.82 Å². The van der Waals surface area contributed by atoms with Crippen LogP contribution in [0.15, 0.2) is 42.5 Å². The van der Waals surface area contributed by atoms with Crippen LogP contribution < -0.4 is 10.1 Å². The monoisotopic (exact) mass is 307 g/mol. The largest absolute Gasteiger partial charge is 0.494 e. The van der Waals surface area contributed by atoms with Crippen LogP contribution in [0.2, 0.25) is 5.02 Å². The average molecular weight is 308 g/mol. The van der Waals surface area contributed by atoms with E-state index in [2.05, 4.69) is 12.2 Å². The molecule has 2 aromatic rings. The summed E-state index contributed by atoms with van der Waals surface area (Å²) in [5, 5.41) is 4.21. The van der Waals surface area contributed by atoms with Gasteiger partial charge in [0.05, 0.1) is 7.11 Å². The fraction of sp³-hybridized carbons (Fsp3) is 0.294. The first-order valence-corrected chi connectivity index (χ1v) is 7.24. The van der Waals surface area contributed by atoms with Crippen molar-refractivity contribution < 1.29 is 9.13 Å². The third-order valence-electron chi connectivity index (χ3n) is 3.55. The molecular weight excluding hydrogens is 289 g/mol. The Labute approximate surface area is 129 Å². The Kier molecular flexibility index (Phi) is 5.21. The van der Waals surface area contributed by atoms with Crippen molar-refractivity contribution in [2.45, 2.75) is 25.9 Å². The molecule has 0 bridgehead atoms. The molecule has 0 radical (unpaired) electrons. The van der Waals surface area contributed by atoms with E-state index in [-0.39, 0.29) is 23.7 Å². The van der Waals surface area contributed by atoms with Gasteiger partial charge in [-0.15, -0.1) is 0 Å². The van der Waals surface area contributed by atoms with E-state index in [1.807, 2.05) is 31.2 Å². The number of methoxy groups -OCH3 is 1. The van der Waals surface area contributed by atoms with Gasteiger partial charge in [0.25, 0.3) is 0 Å². The Hall–Kier alpha value is -1.58. The zero-order chi connectivity index (χ0) is 15.4. The molecule has 2 rings (SSSR count). The second-order valence-corrected chi connectivity index (χ2v) is 5.49. The normalized spacial score (nSPS) is 13.8. The lowest BCUT2D eigenvalue weighted by atomic mass is 10.0. The topological polar surface area (TPSA) is 21.3 Å². The number of rotatable bonds is 5. The Balaban J connectivity index is 2.10. The standard InChI is InChI=1S/C17H19ClFNO/c1-11(13-4-7-15(18)8-5-13)20-12(2)14-6-9-16(19)17(10-14)21-3/h4-12,20H,1-3H3/t11-,12?/m0/s1. The molecule has 0 aromatic heterocycles. The van der Waals surface area contributed by atoms with Crippen molar-refractivity contribution >= 4 is 11.6 Å². The SMILES string of the molecule is COc1cc(C(C)N[C@@H](C)c2ccc(Cl)cc2)ccc1F. The maximum absolute atomic E-state index is 13.4. The van der Waals surface area contributed by atoms with Crippen molar-refractivity contribution in [3.63, 3.8) is 0 Å². The minimum Gasteiger partial charge on any atom is -0.494 e. The molecule has 4 heteroatoms. The summed E-state index contributed by atoms with van der Waals surface area (Å²) in [7, 11) is 1.47. The third-order valence-corrected chi connectivity index (χ3v) is 3.80.